The van der Waals surface area contributed by atoms with Gasteiger partial charge in [-0.25, -0.2) is 4.98 Å². The highest BCUT2D eigenvalue weighted by Gasteiger charge is 2.12. The molecule has 2 N–H and O–H groups in total. The van der Waals surface area contributed by atoms with Crippen molar-refractivity contribution in [1.82, 2.24) is 10.3 Å². The summed E-state index contributed by atoms with van der Waals surface area (Å²) in [4.78, 5) is 29.2. The number of thiazole rings is 1. The molecule has 0 aliphatic carbocycles. The molecule has 0 radical (unpaired) electrons. The Morgan fingerprint density at radius 1 is 1.03 bits per heavy atom. The van der Waals surface area contributed by atoms with Gasteiger partial charge in [-0.2, -0.15) is 0 Å². The van der Waals surface area contributed by atoms with Gasteiger partial charge in [0.2, 0.25) is 11.8 Å². The van der Waals surface area contributed by atoms with Crippen LogP contribution >= 0.6 is 23.1 Å². The number of aromatic nitrogens is 1. The number of hydrogen-bond donors (Lipinski definition) is 2. The molecule has 5 nitrogen and oxygen atoms in total. The lowest BCUT2D eigenvalue weighted by molar-refractivity contribution is -0.119. The normalized spacial score (nSPS) is 12.0. The fourth-order valence-corrected chi connectivity index (χ4v) is 5.12. The van der Waals surface area contributed by atoms with Gasteiger partial charge in [0, 0.05) is 11.8 Å². The predicted octanol–water partition coefficient (Wildman–Crippen LogP) is 5.92. The number of amides is 2. The van der Waals surface area contributed by atoms with Gasteiger partial charge in [-0.3, -0.25) is 9.59 Å². The molecular weight excluding hydrogens is 450 g/mol. The Morgan fingerprint density at radius 3 is 2.52 bits per heavy atom. The van der Waals surface area contributed by atoms with Gasteiger partial charge in [0.25, 0.3) is 0 Å². The SMILES string of the molecule is C[C@H](NC(=O)CSc1nc2ccc(NC(=O)/C=C/c3ccccc3)cc2s1)c1ccccc1. The molecule has 0 fully saturated rings. The molecule has 0 aliphatic heterocycles. The van der Waals surface area contributed by atoms with Crippen LogP contribution in [0.5, 0.6) is 0 Å². The maximum absolute atomic E-state index is 12.3. The first-order valence-corrected chi connectivity index (χ1v) is 12.3. The third-order valence-corrected chi connectivity index (χ3v) is 7.03. The highest BCUT2D eigenvalue weighted by molar-refractivity contribution is 8.01. The Bertz CT molecular complexity index is 1270. The van der Waals surface area contributed by atoms with Crippen LogP contribution in [-0.2, 0) is 9.59 Å². The second-order valence-corrected chi connectivity index (χ2v) is 9.64. The topological polar surface area (TPSA) is 71.1 Å². The minimum absolute atomic E-state index is 0.0336. The van der Waals surface area contributed by atoms with Gasteiger partial charge in [0.05, 0.1) is 22.0 Å². The van der Waals surface area contributed by atoms with Crippen molar-refractivity contribution in [2.24, 2.45) is 0 Å². The fraction of sp³-hybridized carbons (Fsp3) is 0.115. The number of fused-ring (bicyclic) bond motifs is 1. The van der Waals surface area contributed by atoms with E-state index in [4.69, 9.17) is 0 Å². The molecule has 1 heterocycles. The summed E-state index contributed by atoms with van der Waals surface area (Å²) >= 11 is 2.92. The van der Waals surface area contributed by atoms with Gasteiger partial charge in [0.15, 0.2) is 4.34 Å². The Morgan fingerprint density at radius 2 is 1.76 bits per heavy atom. The van der Waals surface area contributed by atoms with Crippen molar-refractivity contribution in [2.75, 3.05) is 11.1 Å². The van der Waals surface area contributed by atoms with Crippen LogP contribution in [0.1, 0.15) is 24.1 Å². The molecule has 1 atom stereocenters. The van der Waals surface area contributed by atoms with Crippen LogP contribution in [0.15, 0.2) is 89.3 Å². The van der Waals surface area contributed by atoms with Crippen molar-refractivity contribution in [3.8, 4) is 0 Å². The van der Waals surface area contributed by atoms with Crippen molar-refractivity contribution < 1.29 is 9.59 Å². The molecule has 0 saturated carbocycles. The molecule has 0 spiro atoms. The number of hydrogen-bond acceptors (Lipinski definition) is 5. The minimum Gasteiger partial charge on any atom is -0.349 e. The summed E-state index contributed by atoms with van der Waals surface area (Å²) in [6, 6.07) is 25.1. The van der Waals surface area contributed by atoms with Crippen LogP contribution < -0.4 is 10.6 Å². The van der Waals surface area contributed by atoms with Crippen LogP contribution in [0.2, 0.25) is 0 Å². The summed E-state index contributed by atoms with van der Waals surface area (Å²) in [5.41, 5.74) is 3.59. The van der Waals surface area contributed by atoms with E-state index in [0.29, 0.717) is 11.4 Å². The molecule has 0 saturated heterocycles. The second kappa shape index (κ2) is 10.9. The average Bonchev–Trinajstić information content (AvgIpc) is 3.25. The van der Waals surface area contributed by atoms with E-state index in [0.717, 1.165) is 25.7 Å². The molecule has 0 unspecified atom stereocenters. The number of rotatable bonds is 8. The van der Waals surface area contributed by atoms with Gasteiger partial charge in [-0.05, 0) is 42.3 Å². The molecule has 2 amide bonds. The van der Waals surface area contributed by atoms with Crippen LogP contribution in [-0.4, -0.2) is 22.6 Å². The maximum atomic E-state index is 12.3. The van der Waals surface area contributed by atoms with E-state index in [9.17, 15) is 9.59 Å². The summed E-state index contributed by atoms with van der Waals surface area (Å²) in [7, 11) is 0. The Kier molecular flexibility index (Phi) is 7.55. The zero-order valence-electron chi connectivity index (χ0n) is 18.0. The van der Waals surface area contributed by atoms with E-state index >= 15 is 0 Å². The smallest absolute Gasteiger partial charge is 0.248 e. The van der Waals surface area contributed by atoms with Crippen molar-refractivity contribution >= 4 is 56.9 Å². The Hall–Kier alpha value is -3.42. The van der Waals surface area contributed by atoms with E-state index in [1.807, 2.05) is 85.8 Å². The van der Waals surface area contributed by atoms with Crippen LogP contribution in [0.25, 0.3) is 16.3 Å². The third-order valence-electron chi connectivity index (χ3n) is 4.87. The van der Waals surface area contributed by atoms with E-state index in [-0.39, 0.29) is 17.9 Å². The van der Waals surface area contributed by atoms with Gasteiger partial charge in [-0.15, -0.1) is 11.3 Å². The van der Waals surface area contributed by atoms with E-state index in [1.54, 1.807) is 6.08 Å². The summed E-state index contributed by atoms with van der Waals surface area (Å²) < 4.78 is 1.78. The Balaban J connectivity index is 1.32. The predicted molar refractivity (Wildman–Crippen MR) is 137 cm³/mol. The molecule has 1 aromatic heterocycles. The van der Waals surface area contributed by atoms with E-state index < -0.39 is 0 Å². The number of carbonyl (C=O) groups is 2. The fourth-order valence-electron chi connectivity index (χ4n) is 3.20. The third kappa shape index (κ3) is 6.54. The summed E-state index contributed by atoms with van der Waals surface area (Å²) in [6.07, 6.45) is 3.29. The lowest BCUT2D eigenvalue weighted by atomic mass is 10.1. The first-order chi connectivity index (χ1) is 16.1. The first-order valence-electron chi connectivity index (χ1n) is 10.5. The first kappa shape index (κ1) is 22.8. The molecule has 7 heteroatoms. The number of nitrogens with one attached hydrogen (secondary N) is 2. The van der Waals surface area contributed by atoms with Crippen LogP contribution in [0.3, 0.4) is 0 Å². The second-order valence-electron chi connectivity index (χ2n) is 7.38. The monoisotopic (exact) mass is 473 g/mol. The van der Waals surface area contributed by atoms with Gasteiger partial charge in [0.1, 0.15) is 0 Å². The number of benzene rings is 3. The minimum atomic E-state index is -0.193. The van der Waals surface area contributed by atoms with Crippen molar-refractivity contribution in [3.05, 3.63) is 96.1 Å². The maximum Gasteiger partial charge on any atom is 0.248 e. The summed E-state index contributed by atoms with van der Waals surface area (Å²) in [5.74, 6) is 0.0699. The molecule has 4 rings (SSSR count). The summed E-state index contributed by atoms with van der Waals surface area (Å²) in [6.45, 7) is 1.97. The molecule has 33 heavy (non-hydrogen) atoms. The number of anilines is 1. The zero-order valence-corrected chi connectivity index (χ0v) is 19.7. The van der Waals surface area contributed by atoms with Gasteiger partial charge in [-0.1, -0.05) is 72.4 Å². The van der Waals surface area contributed by atoms with Crippen molar-refractivity contribution in [1.29, 1.82) is 0 Å². The molecule has 0 aliphatic rings. The number of carbonyl (C=O) groups excluding carboxylic acids is 2. The van der Waals surface area contributed by atoms with Gasteiger partial charge >= 0.3 is 0 Å². The van der Waals surface area contributed by atoms with Crippen molar-refractivity contribution in [2.45, 2.75) is 17.3 Å². The molecule has 3 aromatic carbocycles. The molecule has 4 aromatic rings. The number of thioether (sulfide) groups is 1. The Labute approximate surface area is 200 Å². The quantitative estimate of drug-likeness (QED) is 0.246. The lowest BCUT2D eigenvalue weighted by Gasteiger charge is -2.13. The van der Waals surface area contributed by atoms with Crippen LogP contribution in [0.4, 0.5) is 5.69 Å². The highest BCUT2D eigenvalue weighted by Crippen LogP contribution is 2.31. The largest absolute Gasteiger partial charge is 0.349 e. The molecule has 0 bridgehead atoms. The zero-order chi connectivity index (χ0) is 23.0. The summed E-state index contributed by atoms with van der Waals surface area (Å²) in [5, 5.41) is 5.90. The molecular formula is C26H23N3O2S2. The standard InChI is InChI=1S/C26H23N3O2S2/c1-18(20-10-6-3-7-11-20)27-25(31)17-32-26-29-22-14-13-21(16-23(22)33-26)28-24(30)15-12-19-8-4-2-5-9-19/h2-16,18H,17H2,1H3,(H,27,31)(H,28,30)/b15-12+/t18-/m0/s1. The van der Waals surface area contributed by atoms with Crippen molar-refractivity contribution in [3.63, 3.8) is 0 Å². The lowest BCUT2D eigenvalue weighted by Crippen LogP contribution is -2.28. The van der Waals surface area contributed by atoms with E-state index in [1.165, 1.54) is 29.2 Å². The van der Waals surface area contributed by atoms with Gasteiger partial charge < -0.3 is 10.6 Å². The average molecular weight is 474 g/mol. The van der Waals surface area contributed by atoms with E-state index in [2.05, 4.69) is 15.6 Å². The highest BCUT2D eigenvalue weighted by atomic mass is 32.2. The number of nitrogens with zero attached hydrogens (tertiary/aromatic N) is 1. The molecule has 166 valence electrons. The van der Waals surface area contributed by atoms with Crippen LogP contribution in [0, 0.1) is 0 Å².